The van der Waals surface area contributed by atoms with E-state index in [1.165, 1.54) is 16.2 Å². The van der Waals surface area contributed by atoms with E-state index in [0.29, 0.717) is 5.02 Å². The van der Waals surface area contributed by atoms with Gasteiger partial charge >= 0.3 is 0 Å². The normalized spacial score (nSPS) is 13.3. The van der Waals surface area contributed by atoms with Gasteiger partial charge in [0.25, 0.3) is 0 Å². The number of nitrogens with one attached hydrogen (secondary N) is 1. The molecule has 1 heterocycles. The monoisotopic (exact) mass is 305 g/mol. The molecule has 1 N–H and O–H groups in total. The molecule has 0 amide bonds. The van der Waals surface area contributed by atoms with Gasteiger partial charge in [0.2, 0.25) is 0 Å². The van der Waals surface area contributed by atoms with Crippen LogP contribution in [0.4, 0.5) is 0 Å². The van der Waals surface area contributed by atoms with Crippen LogP contribution in [0.2, 0.25) is 5.02 Å². The quantitative estimate of drug-likeness (QED) is 0.898. The van der Waals surface area contributed by atoms with E-state index >= 15 is 0 Å². The van der Waals surface area contributed by atoms with Crippen LogP contribution in [0.1, 0.15) is 11.1 Å². The van der Waals surface area contributed by atoms with E-state index in [1.807, 2.05) is 43.1 Å². The summed E-state index contributed by atoms with van der Waals surface area (Å²) in [5, 5.41) is 3.84. The third-order valence-corrected chi connectivity index (χ3v) is 4.64. The Hall–Kier alpha value is -1.16. The van der Waals surface area contributed by atoms with Crippen LogP contribution < -0.4 is 10.1 Å². The summed E-state index contributed by atoms with van der Waals surface area (Å²) in [4.78, 5) is 1.37. The predicted octanol–water partition coefficient (Wildman–Crippen LogP) is 4.50. The summed E-state index contributed by atoms with van der Waals surface area (Å²) in [6, 6.07) is 12.1. The van der Waals surface area contributed by atoms with Crippen molar-refractivity contribution >= 4 is 23.4 Å². The first-order valence-corrected chi connectivity index (χ1v) is 7.99. The largest absolute Gasteiger partial charge is 0.457 e. The topological polar surface area (TPSA) is 21.3 Å². The lowest BCUT2D eigenvalue weighted by Crippen LogP contribution is -2.06. The van der Waals surface area contributed by atoms with Gasteiger partial charge in [0.15, 0.2) is 0 Å². The lowest BCUT2D eigenvalue weighted by atomic mass is 10.1. The van der Waals surface area contributed by atoms with Crippen molar-refractivity contribution in [1.82, 2.24) is 5.32 Å². The molecule has 0 atom stereocenters. The zero-order valence-corrected chi connectivity index (χ0v) is 12.9. The van der Waals surface area contributed by atoms with Gasteiger partial charge in [-0.3, -0.25) is 0 Å². The van der Waals surface area contributed by atoms with E-state index in [0.717, 1.165) is 30.0 Å². The van der Waals surface area contributed by atoms with E-state index in [9.17, 15) is 0 Å². The first-order chi connectivity index (χ1) is 9.76. The van der Waals surface area contributed by atoms with E-state index < -0.39 is 0 Å². The number of aryl methyl sites for hydroxylation is 1. The lowest BCUT2D eigenvalue weighted by Gasteiger charge is -2.12. The zero-order chi connectivity index (χ0) is 13.9. The number of fused-ring (bicyclic) bond motifs is 1. The van der Waals surface area contributed by atoms with Crippen molar-refractivity contribution in [3.8, 4) is 11.5 Å². The maximum absolute atomic E-state index is 6.07. The Morgan fingerprint density at radius 1 is 1.25 bits per heavy atom. The van der Waals surface area contributed by atoms with Gasteiger partial charge in [-0.2, -0.15) is 0 Å². The second-order valence-corrected chi connectivity index (χ2v) is 6.33. The van der Waals surface area contributed by atoms with Gasteiger partial charge in [-0.05, 0) is 49.4 Å². The van der Waals surface area contributed by atoms with Gasteiger partial charge in [-0.25, -0.2) is 0 Å². The van der Waals surface area contributed by atoms with Crippen molar-refractivity contribution in [2.24, 2.45) is 0 Å². The van der Waals surface area contributed by atoms with Crippen LogP contribution in [-0.2, 0) is 13.0 Å². The van der Waals surface area contributed by atoms with Crippen LogP contribution in [-0.4, -0.2) is 12.8 Å². The molecule has 0 unspecified atom stereocenters. The minimum atomic E-state index is 0.691. The van der Waals surface area contributed by atoms with E-state index in [2.05, 4.69) is 17.4 Å². The number of hydrogen-bond acceptors (Lipinski definition) is 3. The molecule has 1 aliphatic rings. The number of ether oxygens (including phenoxy) is 1. The summed E-state index contributed by atoms with van der Waals surface area (Å²) < 4.78 is 6.03. The fraction of sp³-hybridized carbons (Fsp3) is 0.250. The van der Waals surface area contributed by atoms with Gasteiger partial charge in [-0.1, -0.05) is 17.7 Å². The molecular weight excluding hydrogens is 290 g/mol. The summed E-state index contributed by atoms with van der Waals surface area (Å²) in [5.41, 5.74) is 2.48. The number of halogens is 1. The first kappa shape index (κ1) is 13.8. The fourth-order valence-corrected chi connectivity index (χ4v) is 3.53. The predicted molar refractivity (Wildman–Crippen MR) is 85.2 cm³/mol. The second kappa shape index (κ2) is 6.08. The first-order valence-electron chi connectivity index (χ1n) is 6.63. The minimum Gasteiger partial charge on any atom is -0.457 e. The molecule has 0 saturated heterocycles. The molecule has 0 radical (unpaired) electrons. The van der Waals surface area contributed by atoms with Crippen LogP contribution in [0.5, 0.6) is 11.5 Å². The van der Waals surface area contributed by atoms with Crippen LogP contribution >= 0.6 is 23.4 Å². The summed E-state index contributed by atoms with van der Waals surface area (Å²) in [6.45, 7) is 0.757. The Morgan fingerprint density at radius 2 is 2.15 bits per heavy atom. The number of thioether (sulfide) groups is 1. The van der Waals surface area contributed by atoms with E-state index in [1.54, 1.807) is 0 Å². The van der Waals surface area contributed by atoms with Crippen molar-refractivity contribution in [2.45, 2.75) is 17.9 Å². The summed E-state index contributed by atoms with van der Waals surface area (Å²) in [5.74, 6) is 2.87. The Balaban J connectivity index is 1.88. The Kier molecular flexibility index (Phi) is 4.20. The highest BCUT2D eigenvalue weighted by atomic mass is 35.5. The molecule has 2 nitrogen and oxygen atoms in total. The highest BCUT2D eigenvalue weighted by Gasteiger charge is 2.13. The van der Waals surface area contributed by atoms with Gasteiger partial charge < -0.3 is 10.1 Å². The summed E-state index contributed by atoms with van der Waals surface area (Å²) in [7, 11) is 1.92. The molecule has 2 aromatic carbocycles. The molecule has 0 fully saturated rings. The molecule has 0 bridgehead atoms. The fourth-order valence-electron chi connectivity index (χ4n) is 2.31. The second-order valence-electron chi connectivity index (χ2n) is 4.75. The molecule has 104 valence electrons. The molecule has 0 aromatic heterocycles. The molecule has 3 rings (SSSR count). The van der Waals surface area contributed by atoms with Crippen molar-refractivity contribution in [3.63, 3.8) is 0 Å². The van der Waals surface area contributed by atoms with Gasteiger partial charge in [0, 0.05) is 27.8 Å². The molecule has 0 saturated carbocycles. The van der Waals surface area contributed by atoms with Gasteiger partial charge in [0.1, 0.15) is 11.5 Å². The van der Waals surface area contributed by atoms with Crippen LogP contribution in [0, 0.1) is 0 Å². The van der Waals surface area contributed by atoms with E-state index in [4.69, 9.17) is 16.3 Å². The van der Waals surface area contributed by atoms with Gasteiger partial charge in [0.05, 0.1) is 0 Å². The maximum Gasteiger partial charge on any atom is 0.133 e. The van der Waals surface area contributed by atoms with Crippen LogP contribution in [0.25, 0.3) is 0 Å². The molecule has 4 heteroatoms. The highest BCUT2D eigenvalue weighted by Crippen LogP contribution is 2.36. The molecule has 20 heavy (non-hydrogen) atoms. The van der Waals surface area contributed by atoms with Crippen LogP contribution in [0.15, 0.2) is 41.3 Å². The van der Waals surface area contributed by atoms with Crippen LogP contribution in [0.3, 0.4) is 0 Å². The van der Waals surface area contributed by atoms with Crippen molar-refractivity contribution < 1.29 is 4.74 Å². The Labute approximate surface area is 128 Å². The minimum absolute atomic E-state index is 0.691. The third kappa shape index (κ3) is 2.95. The van der Waals surface area contributed by atoms with Gasteiger partial charge in [-0.15, -0.1) is 11.8 Å². The number of benzene rings is 2. The average molecular weight is 306 g/mol. The molecule has 0 aliphatic carbocycles. The number of hydrogen-bond donors (Lipinski definition) is 1. The Morgan fingerprint density at radius 3 is 3.00 bits per heavy atom. The summed E-state index contributed by atoms with van der Waals surface area (Å²) in [6.07, 6.45) is 1.12. The zero-order valence-electron chi connectivity index (χ0n) is 11.3. The molecule has 1 aliphatic heterocycles. The highest BCUT2D eigenvalue weighted by molar-refractivity contribution is 7.99. The number of rotatable bonds is 4. The van der Waals surface area contributed by atoms with Crippen molar-refractivity contribution in [1.29, 1.82) is 0 Å². The summed E-state index contributed by atoms with van der Waals surface area (Å²) >= 11 is 7.98. The molecule has 2 aromatic rings. The average Bonchev–Trinajstić information content (AvgIpc) is 2.89. The third-order valence-electron chi connectivity index (χ3n) is 3.29. The smallest absolute Gasteiger partial charge is 0.133 e. The van der Waals surface area contributed by atoms with E-state index in [-0.39, 0.29) is 0 Å². The molecule has 0 spiro atoms. The maximum atomic E-state index is 6.07. The lowest BCUT2D eigenvalue weighted by molar-refractivity contribution is 0.473. The van der Waals surface area contributed by atoms with Crippen molar-refractivity contribution in [3.05, 3.63) is 52.5 Å². The molecular formula is C16H16ClNOS. The Bertz CT molecular complexity index is 630. The SMILES string of the molecule is CNCc1ccc(Cl)cc1Oc1ccc2c(c1)CCS2. The standard InChI is InChI=1S/C16H16ClNOS/c1-18-10-12-2-3-13(17)9-15(12)19-14-4-5-16-11(8-14)6-7-20-16/h2-5,8-9,18H,6-7,10H2,1H3. The van der Waals surface area contributed by atoms with Crippen molar-refractivity contribution in [2.75, 3.05) is 12.8 Å².